The SMILES string of the molecule is CCN(CCOc1ccc(C(=O)c2c(-c3ccc(O)cc3)sc3cc(O)ccc23)cc1)CCN1CCN(CCCC(=O)NC(C(=O)N2CC(O)CC2C(=O)NC(C)c2ccc(-c3scnc3C)cc2)C(C)(C)C)CC1. The van der Waals surface area contributed by atoms with E-state index in [9.17, 15) is 34.5 Å². The van der Waals surface area contributed by atoms with Crippen LogP contribution in [0.15, 0.2) is 96.5 Å². The van der Waals surface area contributed by atoms with E-state index in [-0.39, 0.29) is 60.4 Å². The lowest BCUT2D eigenvalue weighted by Gasteiger charge is -2.36. The fourth-order valence-corrected chi connectivity index (χ4v) is 12.0. The van der Waals surface area contributed by atoms with E-state index in [1.165, 1.54) is 16.2 Å². The Kier molecular flexibility index (Phi) is 18.1. The molecule has 4 atom stereocenters. The van der Waals surface area contributed by atoms with Crippen molar-refractivity contribution in [2.75, 3.05) is 72.1 Å². The first-order chi connectivity index (χ1) is 35.9. The van der Waals surface area contributed by atoms with Gasteiger partial charge in [0.1, 0.15) is 35.9 Å². The minimum Gasteiger partial charge on any atom is -0.508 e. The molecule has 0 bridgehead atoms. The number of thiazole rings is 1. The minimum atomic E-state index is -0.877. The predicted molar refractivity (Wildman–Crippen MR) is 297 cm³/mol. The molecule has 0 spiro atoms. The molecule has 6 aromatic rings. The van der Waals surface area contributed by atoms with E-state index < -0.39 is 23.6 Å². The van der Waals surface area contributed by atoms with Crippen LogP contribution in [-0.4, -0.2) is 154 Å². The van der Waals surface area contributed by atoms with Crippen LogP contribution < -0.4 is 15.4 Å². The van der Waals surface area contributed by atoms with Gasteiger partial charge in [-0.3, -0.25) is 29.0 Å². The number of nitrogens with one attached hydrogen (secondary N) is 2. The number of carbonyl (C=O) groups is 4. The molecule has 2 aliphatic rings. The van der Waals surface area contributed by atoms with Crippen LogP contribution in [0.5, 0.6) is 17.2 Å². The highest BCUT2D eigenvalue weighted by molar-refractivity contribution is 7.22. The number of thiophene rings is 1. The van der Waals surface area contributed by atoms with Gasteiger partial charge < -0.3 is 40.5 Å². The highest BCUT2D eigenvalue weighted by Gasteiger charge is 2.44. The zero-order valence-corrected chi connectivity index (χ0v) is 45.5. The number of amides is 3. The maximum Gasteiger partial charge on any atom is 0.246 e. The molecule has 2 saturated heterocycles. The number of aliphatic hydroxyl groups is 1. The van der Waals surface area contributed by atoms with Crippen molar-refractivity contribution < 1.29 is 39.2 Å². The molecular formula is C58H71N7O8S2. The summed E-state index contributed by atoms with van der Waals surface area (Å²) in [7, 11) is 0. The summed E-state index contributed by atoms with van der Waals surface area (Å²) in [5.41, 5.74) is 6.03. The number of aryl methyl sites for hydroxylation is 1. The molecule has 0 radical (unpaired) electrons. The quantitative estimate of drug-likeness (QED) is 0.0437. The summed E-state index contributed by atoms with van der Waals surface area (Å²) in [6.45, 7) is 20.2. The maximum absolute atomic E-state index is 14.2. The Hall–Kier alpha value is -6.21. The molecule has 0 aliphatic carbocycles. The Bertz CT molecular complexity index is 2910. The van der Waals surface area contributed by atoms with E-state index >= 15 is 0 Å². The van der Waals surface area contributed by atoms with Gasteiger partial charge >= 0.3 is 0 Å². The number of hydrogen-bond donors (Lipinski definition) is 5. The topological polar surface area (TPSA) is 188 Å². The summed E-state index contributed by atoms with van der Waals surface area (Å²) < 4.78 is 6.94. The van der Waals surface area contributed by atoms with Crippen molar-refractivity contribution in [3.05, 3.63) is 119 Å². The Balaban J connectivity index is 0.741. The maximum atomic E-state index is 14.2. The van der Waals surface area contributed by atoms with Gasteiger partial charge in [0.25, 0.3) is 0 Å². The van der Waals surface area contributed by atoms with Gasteiger partial charge in [-0.2, -0.15) is 0 Å². The zero-order chi connectivity index (χ0) is 53.4. The number of ether oxygens (including phenoxy) is 1. The summed E-state index contributed by atoms with van der Waals surface area (Å²) in [5.74, 6) is -0.0929. The fourth-order valence-electron chi connectivity index (χ4n) is 9.93. The highest BCUT2D eigenvalue weighted by Crippen LogP contribution is 2.42. The first-order valence-electron chi connectivity index (χ1n) is 26.0. The number of phenols is 2. The number of phenolic OH excluding ortho intramolecular Hbond substituents is 2. The molecule has 75 heavy (non-hydrogen) atoms. The largest absolute Gasteiger partial charge is 0.508 e. The number of carbonyl (C=O) groups excluding carboxylic acids is 4. The number of nitrogens with zero attached hydrogens (tertiary/aromatic N) is 5. The Morgan fingerprint density at radius 3 is 2.15 bits per heavy atom. The first kappa shape index (κ1) is 55.0. The van der Waals surface area contributed by atoms with E-state index in [0.29, 0.717) is 29.9 Å². The predicted octanol–water partition coefficient (Wildman–Crippen LogP) is 8.11. The second kappa shape index (κ2) is 24.6. The molecule has 8 rings (SSSR count). The lowest BCUT2D eigenvalue weighted by atomic mass is 9.85. The number of aromatic nitrogens is 1. The molecule has 2 aliphatic heterocycles. The summed E-state index contributed by atoms with van der Waals surface area (Å²) >= 11 is 3.01. The lowest BCUT2D eigenvalue weighted by Crippen LogP contribution is -2.57. The summed E-state index contributed by atoms with van der Waals surface area (Å²) in [5, 5.41) is 37.6. The van der Waals surface area contributed by atoms with Crippen molar-refractivity contribution in [3.8, 4) is 38.1 Å². The van der Waals surface area contributed by atoms with Gasteiger partial charge in [0.2, 0.25) is 17.7 Å². The average molecular weight is 1060 g/mol. The molecule has 2 fully saturated rings. The standard InChI is InChI=1S/C58H71N7O8S2/c1-7-62(31-32-73-46-21-16-40(17-22-46)52(70)51-47-23-20-44(67)34-49(47)75-54(51)42-14-18-43(66)19-15-42)25-26-64-29-27-63(28-30-64)24-8-9-50(69)61-55(58(4,5)6)57(72)65-35-45(68)33-48(65)56(71)60-37(2)39-10-12-41(13-11-39)53-38(3)59-36-74-53/h10-23,34,36-37,45,48,55,66-68H,7-9,24-33,35H2,1-6H3,(H,60,71)(H,61,69). The third kappa shape index (κ3) is 13.8. The number of aliphatic hydroxyl groups excluding tert-OH is 1. The van der Waals surface area contributed by atoms with Crippen LogP contribution in [-0.2, 0) is 14.4 Å². The van der Waals surface area contributed by atoms with Crippen LogP contribution in [0, 0.1) is 12.3 Å². The van der Waals surface area contributed by atoms with Crippen molar-refractivity contribution in [2.24, 2.45) is 5.41 Å². The third-order valence-corrected chi connectivity index (χ3v) is 16.6. The van der Waals surface area contributed by atoms with Gasteiger partial charge in [0, 0.05) is 91.3 Å². The number of likely N-dealkylation sites (tertiary alicyclic amines) is 1. The van der Waals surface area contributed by atoms with E-state index in [4.69, 9.17) is 4.74 Å². The molecular weight excluding hydrogens is 987 g/mol. The molecule has 17 heteroatoms. The van der Waals surface area contributed by atoms with Gasteiger partial charge in [-0.25, -0.2) is 4.98 Å². The lowest BCUT2D eigenvalue weighted by molar-refractivity contribution is -0.144. The number of aromatic hydroxyl groups is 2. The van der Waals surface area contributed by atoms with Gasteiger partial charge in [-0.15, -0.1) is 22.7 Å². The van der Waals surface area contributed by atoms with E-state index in [1.54, 1.807) is 65.9 Å². The molecule has 0 saturated carbocycles. The number of ketones is 1. The van der Waals surface area contributed by atoms with E-state index in [0.717, 1.165) is 101 Å². The number of benzene rings is 4. The number of likely N-dealkylation sites (N-methyl/N-ethyl adjacent to an activating group) is 1. The monoisotopic (exact) mass is 1060 g/mol. The van der Waals surface area contributed by atoms with Crippen LogP contribution >= 0.6 is 22.7 Å². The van der Waals surface area contributed by atoms with Crippen LogP contribution in [0.2, 0.25) is 0 Å². The molecule has 3 amide bonds. The molecule has 5 N–H and O–H groups in total. The van der Waals surface area contributed by atoms with E-state index in [2.05, 4.69) is 37.2 Å². The number of piperazine rings is 1. The minimum absolute atomic E-state index is 0.0188. The Morgan fingerprint density at radius 2 is 1.49 bits per heavy atom. The third-order valence-electron chi connectivity index (χ3n) is 14.4. The molecule has 4 aromatic carbocycles. The molecule has 4 unspecified atom stereocenters. The fraction of sp³-hybridized carbons (Fsp3) is 0.431. The number of β-amino-alcohol motifs (C(OH)–C–C–N with tert-alkyl or cyclic N) is 1. The zero-order valence-electron chi connectivity index (χ0n) is 43.9. The second-order valence-corrected chi connectivity index (χ2v) is 22.7. The van der Waals surface area contributed by atoms with Gasteiger partial charge in [-0.1, -0.05) is 52.0 Å². The molecule has 2 aromatic heterocycles. The van der Waals surface area contributed by atoms with Crippen molar-refractivity contribution >= 4 is 56.3 Å². The number of fused-ring (bicyclic) bond motifs is 1. The highest BCUT2D eigenvalue weighted by atomic mass is 32.1. The van der Waals surface area contributed by atoms with Crippen molar-refractivity contribution in [2.45, 2.75) is 85.0 Å². The van der Waals surface area contributed by atoms with Crippen LogP contribution in [0.1, 0.15) is 87.1 Å². The summed E-state index contributed by atoms with van der Waals surface area (Å²) in [6, 6.07) is 25.0. The number of hydrogen-bond acceptors (Lipinski definition) is 14. The van der Waals surface area contributed by atoms with Crippen molar-refractivity contribution in [1.29, 1.82) is 0 Å². The van der Waals surface area contributed by atoms with Gasteiger partial charge in [-0.05, 0) is 122 Å². The summed E-state index contributed by atoms with van der Waals surface area (Å²) in [6.07, 6.45) is 0.186. The van der Waals surface area contributed by atoms with Crippen LogP contribution in [0.25, 0.3) is 31.0 Å². The normalized spacial score (nSPS) is 17.3. The smallest absolute Gasteiger partial charge is 0.246 e. The molecule has 15 nitrogen and oxygen atoms in total. The Morgan fingerprint density at radius 1 is 0.840 bits per heavy atom. The molecule has 4 heterocycles. The molecule has 398 valence electrons. The number of rotatable bonds is 21. The van der Waals surface area contributed by atoms with Crippen LogP contribution in [0.3, 0.4) is 0 Å². The van der Waals surface area contributed by atoms with E-state index in [1.807, 2.05) is 76.5 Å². The second-order valence-electron chi connectivity index (χ2n) is 20.8. The van der Waals surface area contributed by atoms with Crippen molar-refractivity contribution in [1.82, 2.24) is 35.2 Å². The first-order valence-corrected chi connectivity index (χ1v) is 27.7. The Labute approximate surface area is 448 Å². The van der Waals surface area contributed by atoms with Gasteiger partial charge in [0.05, 0.1) is 28.2 Å². The van der Waals surface area contributed by atoms with Gasteiger partial charge in [0.15, 0.2) is 5.78 Å². The summed E-state index contributed by atoms with van der Waals surface area (Å²) in [4.78, 5) is 70.3. The average Bonchev–Trinajstić information content (AvgIpc) is 4.13. The van der Waals surface area contributed by atoms with Crippen LogP contribution in [0.4, 0.5) is 0 Å². The van der Waals surface area contributed by atoms with Crippen molar-refractivity contribution in [3.63, 3.8) is 0 Å².